The predicted molar refractivity (Wildman–Crippen MR) is 167 cm³/mol. The van der Waals surface area contributed by atoms with Crippen LogP contribution in [0.2, 0.25) is 0 Å². The second-order valence-electron chi connectivity index (χ2n) is 10.6. The number of benzene rings is 3. The highest BCUT2D eigenvalue weighted by molar-refractivity contribution is 5.89. The molecule has 3 aromatic carbocycles. The Hall–Kier alpha value is -4.99. The standard InChI is InChI=1S/C33H38N6O4/c34-33(35)36-16-6-7-17-39(21-24-8-2-1-3-9-24)32(41)28(19-25-20-37-27-11-5-4-10-26(25)27)38-31(40)15-13-23-12-14-29-30(18-23)43-22-42-29/h1-5,8-12,14,18,20,28,37H,6-7,13,15-17,19,21-22H2,(H,38,40)(H4,34,35,36). The van der Waals surface area contributed by atoms with E-state index < -0.39 is 6.04 Å². The number of nitrogens with one attached hydrogen (secondary N) is 2. The van der Waals surface area contributed by atoms with E-state index in [1.54, 1.807) is 0 Å². The highest BCUT2D eigenvalue weighted by Gasteiger charge is 2.27. The Bertz CT molecular complexity index is 1560. The van der Waals surface area contributed by atoms with Crippen LogP contribution in [0.5, 0.6) is 11.5 Å². The summed E-state index contributed by atoms with van der Waals surface area (Å²) in [5.74, 6) is 1.12. The number of hydrogen-bond acceptors (Lipinski definition) is 5. The zero-order valence-electron chi connectivity index (χ0n) is 24.1. The molecule has 0 spiro atoms. The number of nitrogens with two attached hydrogens (primary N) is 2. The summed E-state index contributed by atoms with van der Waals surface area (Å²) in [4.78, 5) is 36.7. The van der Waals surface area contributed by atoms with Gasteiger partial charge in [0.2, 0.25) is 18.6 Å². The molecule has 0 saturated heterocycles. The van der Waals surface area contributed by atoms with E-state index in [1.165, 1.54) is 0 Å². The number of guanidine groups is 1. The van der Waals surface area contributed by atoms with Crippen molar-refractivity contribution in [2.45, 2.75) is 44.7 Å². The number of ether oxygens (including phenoxy) is 2. The van der Waals surface area contributed by atoms with Gasteiger partial charge in [0.15, 0.2) is 17.5 Å². The topological polar surface area (TPSA) is 148 Å². The van der Waals surface area contributed by atoms with Gasteiger partial charge >= 0.3 is 0 Å². The van der Waals surface area contributed by atoms with Crippen LogP contribution in [0.15, 0.2) is 84.0 Å². The fraction of sp³-hybridized carbons (Fsp3) is 0.303. The third-order valence-corrected chi connectivity index (χ3v) is 7.47. The second kappa shape index (κ2) is 14.3. The predicted octanol–water partition coefficient (Wildman–Crippen LogP) is 3.64. The number of H-pyrrole nitrogens is 1. The molecule has 0 fully saturated rings. The molecule has 224 valence electrons. The van der Waals surface area contributed by atoms with Crippen LogP contribution >= 0.6 is 0 Å². The smallest absolute Gasteiger partial charge is 0.245 e. The van der Waals surface area contributed by atoms with E-state index in [1.807, 2.05) is 83.9 Å². The maximum Gasteiger partial charge on any atom is 0.245 e. The number of aliphatic imine (C=N–C) groups is 1. The Balaban J connectivity index is 1.33. The Morgan fingerprint density at radius 1 is 0.953 bits per heavy atom. The number of carbonyl (C=O) groups is 2. The van der Waals surface area contributed by atoms with Crippen LogP contribution in [0.4, 0.5) is 0 Å². The molecule has 43 heavy (non-hydrogen) atoms. The SMILES string of the molecule is NC(N)=NCCCCN(Cc1ccccc1)C(=O)C(Cc1c[nH]c2ccccc12)NC(=O)CCc1ccc2c(c1)OCO2. The summed E-state index contributed by atoms with van der Waals surface area (Å²) in [6.07, 6.45) is 4.46. The molecule has 2 heterocycles. The van der Waals surface area contributed by atoms with Gasteiger partial charge in [0.05, 0.1) is 0 Å². The summed E-state index contributed by atoms with van der Waals surface area (Å²) < 4.78 is 10.9. The zero-order valence-corrected chi connectivity index (χ0v) is 24.1. The molecule has 0 radical (unpaired) electrons. The van der Waals surface area contributed by atoms with Gasteiger partial charge in [-0.05, 0) is 54.2 Å². The Kier molecular flexibility index (Phi) is 9.78. The molecule has 10 heteroatoms. The molecule has 6 N–H and O–H groups in total. The first-order valence-corrected chi connectivity index (χ1v) is 14.6. The molecular formula is C33H38N6O4. The quantitative estimate of drug-likeness (QED) is 0.101. The summed E-state index contributed by atoms with van der Waals surface area (Å²) in [6.45, 7) is 1.63. The molecule has 0 saturated carbocycles. The van der Waals surface area contributed by atoms with Gasteiger partial charge in [-0.2, -0.15) is 0 Å². The van der Waals surface area contributed by atoms with Gasteiger partial charge in [-0.3, -0.25) is 14.6 Å². The number of rotatable bonds is 14. The molecule has 10 nitrogen and oxygen atoms in total. The maximum absolute atomic E-state index is 14.2. The molecule has 5 rings (SSSR count). The normalized spacial score (nSPS) is 12.6. The van der Waals surface area contributed by atoms with Gasteiger partial charge < -0.3 is 36.1 Å². The van der Waals surface area contributed by atoms with Crippen molar-refractivity contribution >= 4 is 28.7 Å². The largest absolute Gasteiger partial charge is 0.454 e. The molecule has 1 atom stereocenters. The van der Waals surface area contributed by atoms with E-state index in [2.05, 4.69) is 15.3 Å². The fourth-order valence-corrected chi connectivity index (χ4v) is 5.26. The first-order chi connectivity index (χ1) is 21.0. The van der Waals surface area contributed by atoms with E-state index in [0.29, 0.717) is 50.4 Å². The molecular weight excluding hydrogens is 544 g/mol. The van der Waals surface area contributed by atoms with Crippen LogP contribution < -0.4 is 26.3 Å². The molecule has 0 bridgehead atoms. The monoisotopic (exact) mass is 582 g/mol. The maximum atomic E-state index is 14.2. The summed E-state index contributed by atoms with van der Waals surface area (Å²) in [5.41, 5.74) is 14.9. The second-order valence-corrected chi connectivity index (χ2v) is 10.6. The van der Waals surface area contributed by atoms with Crippen LogP contribution in [0, 0.1) is 0 Å². The van der Waals surface area contributed by atoms with Gasteiger partial charge in [0.1, 0.15) is 6.04 Å². The fourth-order valence-electron chi connectivity index (χ4n) is 5.26. The highest BCUT2D eigenvalue weighted by Crippen LogP contribution is 2.32. The summed E-state index contributed by atoms with van der Waals surface area (Å²) in [7, 11) is 0. The number of unbranched alkanes of at least 4 members (excludes halogenated alkanes) is 1. The minimum Gasteiger partial charge on any atom is -0.454 e. The number of amides is 2. The van der Waals surface area contributed by atoms with Gasteiger partial charge in [-0.1, -0.05) is 54.6 Å². The van der Waals surface area contributed by atoms with Gasteiger partial charge in [-0.25, -0.2) is 0 Å². The molecule has 1 aliphatic heterocycles. The van der Waals surface area contributed by atoms with Crippen LogP contribution in [0.1, 0.15) is 36.0 Å². The molecule has 0 aliphatic carbocycles. The van der Waals surface area contributed by atoms with Crippen molar-refractivity contribution < 1.29 is 19.1 Å². The number of aromatic nitrogens is 1. The lowest BCUT2D eigenvalue weighted by Gasteiger charge is -2.28. The van der Waals surface area contributed by atoms with Crippen molar-refractivity contribution in [1.29, 1.82) is 0 Å². The zero-order chi connectivity index (χ0) is 30.0. The number of fused-ring (bicyclic) bond motifs is 2. The van der Waals surface area contributed by atoms with Crippen molar-refractivity contribution in [2.75, 3.05) is 19.9 Å². The third-order valence-electron chi connectivity index (χ3n) is 7.47. The van der Waals surface area contributed by atoms with E-state index in [-0.39, 0.29) is 31.0 Å². The Morgan fingerprint density at radius 2 is 1.74 bits per heavy atom. The van der Waals surface area contributed by atoms with Crippen molar-refractivity contribution in [3.63, 3.8) is 0 Å². The number of aromatic amines is 1. The van der Waals surface area contributed by atoms with E-state index in [4.69, 9.17) is 20.9 Å². The van der Waals surface area contributed by atoms with E-state index in [9.17, 15) is 9.59 Å². The Labute approximate surface area is 251 Å². The lowest BCUT2D eigenvalue weighted by Crippen LogP contribution is -2.49. The third kappa shape index (κ3) is 8.06. The summed E-state index contributed by atoms with van der Waals surface area (Å²) in [5, 5.41) is 4.10. The van der Waals surface area contributed by atoms with Gasteiger partial charge in [-0.15, -0.1) is 0 Å². The number of hydrogen-bond donors (Lipinski definition) is 4. The van der Waals surface area contributed by atoms with Crippen molar-refractivity contribution in [2.24, 2.45) is 16.5 Å². The van der Waals surface area contributed by atoms with Crippen LogP contribution in [-0.4, -0.2) is 53.6 Å². The van der Waals surface area contributed by atoms with Crippen LogP contribution in [0.25, 0.3) is 10.9 Å². The van der Waals surface area contributed by atoms with E-state index >= 15 is 0 Å². The minimum atomic E-state index is -0.745. The molecule has 1 aromatic heterocycles. The van der Waals surface area contributed by atoms with Gasteiger partial charge in [0.25, 0.3) is 0 Å². The summed E-state index contributed by atoms with van der Waals surface area (Å²) in [6, 6.07) is 22.8. The Morgan fingerprint density at radius 3 is 2.58 bits per heavy atom. The lowest BCUT2D eigenvalue weighted by atomic mass is 10.0. The number of para-hydroxylation sites is 1. The molecule has 1 unspecified atom stereocenters. The van der Waals surface area contributed by atoms with Gasteiger partial charge in [0, 0.05) is 49.6 Å². The number of nitrogens with zero attached hydrogens (tertiary/aromatic N) is 2. The van der Waals surface area contributed by atoms with Crippen molar-refractivity contribution in [3.05, 3.63) is 95.7 Å². The van der Waals surface area contributed by atoms with Crippen molar-refractivity contribution in [3.8, 4) is 11.5 Å². The first kappa shape index (κ1) is 29.5. The minimum absolute atomic E-state index is 0.0551. The first-order valence-electron chi connectivity index (χ1n) is 14.6. The van der Waals surface area contributed by atoms with Crippen LogP contribution in [-0.2, 0) is 29.0 Å². The molecule has 4 aromatic rings. The van der Waals surface area contributed by atoms with Crippen LogP contribution in [0.3, 0.4) is 0 Å². The van der Waals surface area contributed by atoms with E-state index in [0.717, 1.165) is 34.0 Å². The van der Waals surface area contributed by atoms with Crippen molar-refractivity contribution in [1.82, 2.24) is 15.2 Å². The number of aryl methyl sites for hydroxylation is 1. The molecule has 1 aliphatic rings. The highest BCUT2D eigenvalue weighted by atomic mass is 16.7. The number of carbonyl (C=O) groups excluding carboxylic acids is 2. The molecule has 2 amide bonds. The summed E-state index contributed by atoms with van der Waals surface area (Å²) >= 11 is 0. The average Bonchev–Trinajstić information content (AvgIpc) is 3.66. The lowest BCUT2D eigenvalue weighted by molar-refractivity contribution is -0.137. The average molecular weight is 583 g/mol.